The molecule has 5 heteroatoms. The standard InChI is InChI=1S/C6H13N3O2/c1-4-5(2-3-11-4)8-6(10)9-7/h4-5H,2-3,7H2,1H3,(H2,8,9,10). The van der Waals surface area contributed by atoms with Crippen LogP contribution in [0.4, 0.5) is 4.79 Å². The molecule has 11 heavy (non-hydrogen) atoms. The van der Waals surface area contributed by atoms with Crippen LogP contribution >= 0.6 is 0 Å². The van der Waals surface area contributed by atoms with E-state index in [0.29, 0.717) is 6.61 Å². The monoisotopic (exact) mass is 159 g/mol. The second-order valence-corrected chi connectivity index (χ2v) is 2.59. The number of carbonyl (C=O) groups excluding carboxylic acids is 1. The molecule has 0 saturated carbocycles. The summed E-state index contributed by atoms with van der Waals surface area (Å²) in [5.74, 6) is 4.89. The molecule has 64 valence electrons. The molecule has 0 radical (unpaired) electrons. The van der Waals surface area contributed by atoms with Gasteiger partial charge in [-0.05, 0) is 13.3 Å². The number of hydrogen-bond donors (Lipinski definition) is 3. The third-order valence-electron chi connectivity index (χ3n) is 1.82. The van der Waals surface area contributed by atoms with Crippen LogP contribution in [0.3, 0.4) is 0 Å². The summed E-state index contributed by atoms with van der Waals surface area (Å²) in [5, 5.41) is 2.68. The Balaban J connectivity index is 2.30. The molecule has 5 nitrogen and oxygen atoms in total. The molecular formula is C6H13N3O2. The van der Waals surface area contributed by atoms with Gasteiger partial charge in [0.2, 0.25) is 0 Å². The van der Waals surface area contributed by atoms with E-state index in [-0.39, 0.29) is 18.2 Å². The molecule has 0 aliphatic carbocycles. The van der Waals surface area contributed by atoms with Crippen LogP contribution in [0, 0.1) is 0 Å². The van der Waals surface area contributed by atoms with Crippen molar-refractivity contribution in [2.75, 3.05) is 6.61 Å². The van der Waals surface area contributed by atoms with E-state index in [1.54, 1.807) is 0 Å². The van der Waals surface area contributed by atoms with Gasteiger partial charge in [-0.25, -0.2) is 10.6 Å². The smallest absolute Gasteiger partial charge is 0.329 e. The Bertz CT molecular complexity index is 151. The van der Waals surface area contributed by atoms with E-state index in [1.165, 1.54) is 0 Å². The molecule has 0 aromatic heterocycles. The molecule has 2 atom stereocenters. The van der Waals surface area contributed by atoms with Crippen LogP contribution < -0.4 is 16.6 Å². The fraction of sp³-hybridized carbons (Fsp3) is 0.833. The van der Waals surface area contributed by atoms with Gasteiger partial charge in [-0.15, -0.1) is 0 Å². The van der Waals surface area contributed by atoms with Crippen molar-refractivity contribution >= 4 is 6.03 Å². The minimum atomic E-state index is -0.354. The Morgan fingerprint density at radius 3 is 2.91 bits per heavy atom. The zero-order valence-electron chi connectivity index (χ0n) is 6.46. The normalized spacial score (nSPS) is 30.0. The van der Waals surface area contributed by atoms with Crippen LogP contribution in [0.15, 0.2) is 0 Å². The molecule has 1 aliphatic rings. The summed E-state index contributed by atoms with van der Waals surface area (Å²) in [6, 6.07) is -0.258. The molecule has 0 aromatic rings. The maximum Gasteiger partial charge on any atom is 0.329 e. The molecule has 0 spiro atoms. The van der Waals surface area contributed by atoms with E-state index in [0.717, 1.165) is 6.42 Å². The fourth-order valence-corrected chi connectivity index (χ4v) is 1.13. The molecule has 4 N–H and O–H groups in total. The maximum absolute atomic E-state index is 10.7. The number of hydrogen-bond acceptors (Lipinski definition) is 3. The van der Waals surface area contributed by atoms with Crippen LogP contribution in [0.5, 0.6) is 0 Å². The second-order valence-electron chi connectivity index (χ2n) is 2.59. The van der Waals surface area contributed by atoms with Gasteiger partial charge < -0.3 is 10.1 Å². The van der Waals surface area contributed by atoms with Crippen LogP contribution in [0.1, 0.15) is 13.3 Å². The summed E-state index contributed by atoms with van der Waals surface area (Å²) in [6.07, 6.45) is 0.946. The van der Waals surface area contributed by atoms with Crippen LogP contribution in [-0.4, -0.2) is 24.8 Å². The fourth-order valence-electron chi connectivity index (χ4n) is 1.13. The Morgan fingerprint density at radius 2 is 2.45 bits per heavy atom. The summed E-state index contributed by atoms with van der Waals surface area (Å²) < 4.78 is 5.23. The minimum absolute atomic E-state index is 0.0901. The Hall–Kier alpha value is -0.810. The van der Waals surface area contributed by atoms with Gasteiger partial charge in [-0.1, -0.05) is 0 Å². The van der Waals surface area contributed by atoms with Gasteiger partial charge in [-0.2, -0.15) is 0 Å². The van der Waals surface area contributed by atoms with Crippen molar-refractivity contribution in [3.63, 3.8) is 0 Å². The van der Waals surface area contributed by atoms with E-state index in [4.69, 9.17) is 10.6 Å². The number of carbonyl (C=O) groups is 1. The van der Waals surface area contributed by atoms with Crippen molar-refractivity contribution in [3.05, 3.63) is 0 Å². The highest BCUT2D eigenvalue weighted by Crippen LogP contribution is 2.11. The lowest BCUT2D eigenvalue weighted by Crippen LogP contribution is -2.47. The quantitative estimate of drug-likeness (QED) is 0.270. The summed E-state index contributed by atoms with van der Waals surface area (Å²) in [7, 11) is 0. The molecule has 1 heterocycles. The van der Waals surface area contributed by atoms with Crippen molar-refractivity contribution in [1.82, 2.24) is 10.7 Å². The number of urea groups is 1. The molecule has 2 unspecified atom stereocenters. The number of nitrogens with two attached hydrogens (primary N) is 1. The van der Waals surface area contributed by atoms with Crippen molar-refractivity contribution in [3.8, 4) is 0 Å². The van der Waals surface area contributed by atoms with E-state index in [1.807, 2.05) is 12.3 Å². The van der Waals surface area contributed by atoms with E-state index < -0.39 is 0 Å². The summed E-state index contributed by atoms with van der Waals surface area (Å²) in [6.45, 7) is 2.63. The highest BCUT2D eigenvalue weighted by Gasteiger charge is 2.25. The van der Waals surface area contributed by atoms with E-state index >= 15 is 0 Å². The first kappa shape index (κ1) is 8.29. The van der Waals surface area contributed by atoms with Crippen LogP contribution in [0.25, 0.3) is 0 Å². The molecule has 0 aromatic carbocycles. The van der Waals surface area contributed by atoms with Gasteiger partial charge >= 0.3 is 6.03 Å². The second kappa shape index (κ2) is 3.54. The molecule has 1 rings (SSSR count). The van der Waals surface area contributed by atoms with Gasteiger partial charge in [-0.3, -0.25) is 5.43 Å². The lowest BCUT2D eigenvalue weighted by Gasteiger charge is -2.14. The van der Waals surface area contributed by atoms with Gasteiger partial charge in [0.05, 0.1) is 12.1 Å². The van der Waals surface area contributed by atoms with E-state index in [9.17, 15) is 4.79 Å². The number of hydrazine groups is 1. The van der Waals surface area contributed by atoms with Gasteiger partial charge in [0, 0.05) is 6.61 Å². The molecule has 2 amide bonds. The average Bonchev–Trinajstić information content (AvgIpc) is 2.37. The van der Waals surface area contributed by atoms with Crippen molar-refractivity contribution in [2.45, 2.75) is 25.5 Å². The number of rotatable bonds is 1. The first-order chi connectivity index (χ1) is 5.24. The lowest BCUT2D eigenvalue weighted by molar-refractivity contribution is 0.114. The number of nitrogens with one attached hydrogen (secondary N) is 2. The van der Waals surface area contributed by atoms with E-state index in [2.05, 4.69) is 5.32 Å². The Morgan fingerprint density at radius 1 is 1.73 bits per heavy atom. The zero-order valence-corrected chi connectivity index (χ0v) is 6.46. The predicted octanol–water partition coefficient (Wildman–Crippen LogP) is -0.663. The average molecular weight is 159 g/mol. The molecule has 1 aliphatic heterocycles. The van der Waals surface area contributed by atoms with Gasteiger partial charge in [0.25, 0.3) is 0 Å². The molecule has 0 bridgehead atoms. The molecule has 1 fully saturated rings. The minimum Gasteiger partial charge on any atom is -0.376 e. The largest absolute Gasteiger partial charge is 0.376 e. The van der Waals surface area contributed by atoms with Gasteiger partial charge in [0.1, 0.15) is 0 Å². The van der Waals surface area contributed by atoms with Crippen molar-refractivity contribution in [2.24, 2.45) is 5.84 Å². The van der Waals surface area contributed by atoms with Crippen molar-refractivity contribution < 1.29 is 9.53 Å². The summed E-state index contributed by atoms with van der Waals surface area (Å²) in [4.78, 5) is 10.7. The first-order valence-electron chi connectivity index (χ1n) is 3.62. The molecular weight excluding hydrogens is 146 g/mol. The summed E-state index contributed by atoms with van der Waals surface area (Å²) in [5.41, 5.74) is 2.01. The third-order valence-corrected chi connectivity index (χ3v) is 1.82. The lowest BCUT2D eigenvalue weighted by atomic mass is 10.2. The number of amides is 2. The summed E-state index contributed by atoms with van der Waals surface area (Å²) >= 11 is 0. The first-order valence-corrected chi connectivity index (χ1v) is 3.62. The third kappa shape index (κ3) is 2.06. The van der Waals surface area contributed by atoms with Gasteiger partial charge in [0.15, 0.2) is 0 Å². The van der Waals surface area contributed by atoms with Crippen LogP contribution in [0.2, 0.25) is 0 Å². The Labute approximate surface area is 65.2 Å². The predicted molar refractivity (Wildman–Crippen MR) is 39.7 cm³/mol. The number of ether oxygens (including phenoxy) is 1. The zero-order chi connectivity index (χ0) is 8.27. The molecule has 1 saturated heterocycles. The van der Waals surface area contributed by atoms with Crippen LogP contribution in [-0.2, 0) is 4.74 Å². The highest BCUT2D eigenvalue weighted by molar-refractivity contribution is 5.73. The van der Waals surface area contributed by atoms with Crippen molar-refractivity contribution in [1.29, 1.82) is 0 Å². The Kier molecular flexibility index (Phi) is 2.67. The maximum atomic E-state index is 10.7. The highest BCUT2D eigenvalue weighted by atomic mass is 16.5. The SMILES string of the molecule is CC1OCCC1NC(=O)NN. The topological polar surface area (TPSA) is 76.4 Å².